The molecular formula is C38H56Br2N4O4S2. The zero-order chi connectivity index (χ0) is 36.4. The summed E-state index contributed by atoms with van der Waals surface area (Å²) in [5.41, 5.74) is 0.941. The van der Waals surface area contributed by atoms with Crippen molar-refractivity contribution in [2.45, 2.75) is 103 Å². The van der Waals surface area contributed by atoms with Crippen LogP contribution in [0, 0.1) is 11.8 Å². The van der Waals surface area contributed by atoms with Crippen LogP contribution >= 0.6 is 55.4 Å². The van der Waals surface area contributed by atoms with Crippen molar-refractivity contribution in [2.24, 2.45) is 11.8 Å². The lowest BCUT2D eigenvalue weighted by atomic mass is 9.98. The summed E-state index contributed by atoms with van der Waals surface area (Å²) in [6, 6.07) is 5.91. The number of unbranched alkanes of at least 4 members (excludes halogenated alkanes) is 7. The average Bonchev–Trinajstić information content (AvgIpc) is 3.14. The number of rotatable bonds is 29. The van der Waals surface area contributed by atoms with Gasteiger partial charge in [-0.2, -0.15) is 23.5 Å². The number of amides is 2. The fourth-order valence-electron chi connectivity index (χ4n) is 5.32. The summed E-state index contributed by atoms with van der Waals surface area (Å²) in [5.74, 6) is 3.95. The molecule has 2 rings (SSSR count). The molecule has 2 N–H and O–H groups in total. The highest BCUT2D eigenvalue weighted by Crippen LogP contribution is 2.17. The van der Waals surface area contributed by atoms with Crippen molar-refractivity contribution >= 4 is 78.8 Å². The lowest BCUT2D eigenvalue weighted by Gasteiger charge is -2.20. The normalized spacial score (nSPS) is 13.6. The van der Waals surface area contributed by atoms with Crippen molar-refractivity contribution in [3.63, 3.8) is 0 Å². The second-order valence-electron chi connectivity index (χ2n) is 13.0. The number of thioether (sulfide) groups is 2. The number of pyridine rings is 2. The molecule has 2 amide bonds. The molecule has 0 aromatic carbocycles. The van der Waals surface area contributed by atoms with Gasteiger partial charge in [-0.05, 0) is 73.3 Å². The van der Waals surface area contributed by atoms with Gasteiger partial charge in [0, 0.05) is 59.8 Å². The van der Waals surface area contributed by atoms with E-state index in [4.69, 9.17) is 0 Å². The van der Waals surface area contributed by atoms with E-state index in [1.165, 1.54) is 63.8 Å². The van der Waals surface area contributed by atoms with E-state index < -0.39 is 12.1 Å². The van der Waals surface area contributed by atoms with Gasteiger partial charge in [-0.25, -0.2) is 0 Å². The topological polar surface area (TPSA) is 118 Å². The average molecular weight is 857 g/mol. The molecule has 12 heteroatoms. The summed E-state index contributed by atoms with van der Waals surface area (Å²) < 4.78 is 0. The van der Waals surface area contributed by atoms with E-state index in [0.717, 1.165) is 33.7 Å². The highest BCUT2D eigenvalue weighted by Gasteiger charge is 2.24. The molecule has 8 nitrogen and oxygen atoms in total. The molecule has 4 unspecified atom stereocenters. The lowest BCUT2D eigenvalue weighted by molar-refractivity contribution is -0.121. The fourth-order valence-corrected chi connectivity index (χ4v) is 7.76. The molecule has 0 radical (unpaired) electrons. The van der Waals surface area contributed by atoms with Gasteiger partial charge in [0.2, 0.25) is 0 Å². The van der Waals surface area contributed by atoms with Gasteiger partial charge >= 0.3 is 0 Å². The van der Waals surface area contributed by atoms with Crippen LogP contribution < -0.4 is 10.6 Å². The van der Waals surface area contributed by atoms with E-state index in [-0.39, 0.29) is 35.2 Å². The van der Waals surface area contributed by atoms with Crippen LogP contribution in [-0.2, 0) is 9.59 Å². The van der Waals surface area contributed by atoms with Crippen LogP contribution in [0.5, 0.6) is 0 Å². The minimum Gasteiger partial charge on any atom is -0.342 e. The number of halogens is 2. The van der Waals surface area contributed by atoms with Crippen molar-refractivity contribution in [2.75, 3.05) is 33.7 Å². The summed E-state index contributed by atoms with van der Waals surface area (Å²) in [5, 5.41) is 7.45. The summed E-state index contributed by atoms with van der Waals surface area (Å²) in [7, 11) is 0. The Morgan fingerprint density at radius 2 is 1.00 bits per heavy atom. The largest absolute Gasteiger partial charge is 0.342 e. The Morgan fingerprint density at radius 1 is 0.620 bits per heavy atom. The van der Waals surface area contributed by atoms with Gasteiger partial charge in [-0.3, -0.25) is 29.1 Å². The van der Waals surface area contributed by atoms with E-state index in [9.17, 15) is 19.2 Å². The molecule has 278 valence electrons. The van der Waals surface area contributed by atoms with Gasteiger partial charge in [0.05, 0.1) is 23.2 Å². The van der Waals surface area contributed by atoms with Crippen LogP contribution in [0.3, 0.4) is 0 Å². The molecule has 0 aliphatic rings. The number of hydrogen-bond donors (Lipinski definition) is 2. The number of aromatic nitrogens is 2. The van der Waals surface area contributed by atoms with Crippen LogP contribution in [0.2, 0.25) is 0 Å². The summed E-state index contributed by atoms with van der Waals surface area (Å²) >= 11 is 10.6. The van der Waals surface area contributed by atoms with Crippen molar-refractivity contribution in [1.82, 2.24) is 20.6 Å². The molecule has 0 saturated carbocycles. The number of nitrogens with one attached hydrogen (secondary N) is 2. The van der Waals surface area contributed by atoms with Crippen molar-refractivity contribution in [3.05, 3.63) is 60.2 Å². The first-order chi connectivity index (χ1) is 24.2. The van der Waals surface area contributed by atoms with Gasteiger partial charge < -0.3 is 10.6 Å². The van der Waals surface area contributed by atoms with Gasteiger partial charge in [-0.1, -0.05) is 84.2 Å². The molecule has 2 aromatic heterocycles. The van der Waals surface area contributed by atoms with Crippen molar-refractivity contribution in [1.29, 1.82) is 0 Å². The highest BCUT2D eigenvalue weighted by molar-refractivity contribution is 9.09. The van der Waals surface area contributed by atoms with Gasteiger partial charge in [0.25, 0.3) is 11.8 Å². The Hall–Kier alpha value is -1.76. The predicted molar refractivity (Wildman–Crippen MR) is 217 cm³/mol. The molecule has 0 spiro atoms. The number of Topliss-reactive ketones (excluding diaryl/α,β-unsaturated/α-hetero) is 2. The Labute approximate surface area is 325 Å². The zero-order valence-electron chi connectivity index (χ0n) is 29.8. The predicted octanol–water partition coefficient (Wildman–Crippen LogP) is 8.72. The molecular weight excluding hydrogens is 800 g/mol. The monoisotopic (exact) mass is 854 g/mol. The minimum absolute atomic E-state index is 0.0984. The van der Waals surface area contributed by atoms with E-state index in [0.29, 0.717) is 36.8 Å². The highest BCUT2D eigenvalue weighted by atomic mass is 79.9. The van der Waals surface area contributed by atoms with Crippen molar-refractivity contribution in [3.8, 4) is 0 Å². The van der Waals surface area contributed by atoms with E-state index in [2.05, 4.69) is 66.3 Å². The van der Waals surface area contributed by atoms with E-state index >= 15 is 0 Å². The maximum atomic E-state index is 13.0. The molecule has 0 bridgehead atoms. The third-order valence-corrected chi connectivity index (χ3v) is 12.7. The number of ketones is 2. The van der Waals surface area contributed by atoms with Crippen LogP contribution in [0.15, 0.2) is 49.1 Å². The maximum absolute atomic E-state index is 13.0. The Bertz CT molecular complexity index is 1150. The molecule has 50 heavy (non-hydrogen) atoms. The van der Waals surface area contributed by atoms with E-state index in [1.807, 2.05) is 23.5 Å². The van der Waals surface area contributed by atoms with E-state index in [1.54, 1.807) is 36.7 Å². The second kappa shape index (κ2) is 27.8. The molecule has 0 saturated heterocycles. The first kappa shape index (κ1) is 44.4. The number of alkyl halides is 2. The molecule has 0 aliphatic carbocycles. The van der Waals surface area contributed by atoms with Gasteiger partial charge in [-0.15, -0.1) is 0 Å². The number of hydrogen-bond acceptors (Lipinski definition) is 8. The molecule has 0 aliphatic heterocycles. The molecule has 0 fully saturated rings. The number of carbonyl (C=O) groups is 4. The first-order valence-electron chi connectivity index (χ1n) is 18.0. The SMILES string of the molecule is CC(CBr)CC(NC(=O)c1cccnc1)C(=O)CCSCCCCCCCCCCSCCC(=O)C(CC(C)CBr)NC(=O)c1cccnc1. The third-order valence-electron chi connectivity index (χ3n) is 8.35. The Morgan fingerprint density at radius 3 is 1.34 bits per heavy atom. The zero-order valence-corrected chi connectivity index (χ0v) is 34.6. The number of nitrogens with zero attached hydrogens (tertiary/aromatic N) is 2. The first-order valence-corrected chi connectivity index (χ1v) is 22.5. The third kappa shape index (κ3) is 19.7. The quantitative estimate of drug-likeness (QED) is 0.0617. The van der Waals surface area contributed by atoms with Crippen molar-refractivity contribution < 1.29 is 19.2 Å². The summed E-state index contributed by atoms with van der Waals surface area (Å²) in [4.78, 5) is 59.2. The fraction of sp³-hybridized carbons (Fsp3) is 0.632. The molecule has 4 atom stereocenters. The summed E-state index contributed by atoms with van der Waals surface area (Å²) in [6.45, 7) is 4.15. The Kier molecular flexibility index (Phi) is 24.7. The van der Waals surface area contributed by atoms with Gasteiger partial charge in [0.1, 0.15) is 0 Å². The van der Waals surface area contributed by atoms with Crippen LogP contribution in [0.25, 0.3) is 0 Å². The van der Waals surface area contributed by atoms with Crippen LogP contribution in [0.1, 0.15) is 112 Å². The Balaban J connectivity index is 1.48. The molecule has 2 aromatic rings. The second-order valence-corrected chi connectivity index (χ2v) is 16.8. The van der Waals surface area contributed by atoms with Crippen LogP contribution in [0.4, 0.5) is 0 Å². The maximum Gasteiger partial charge on any atom is 0.253 e. The number of carbonyl (C=O) groups excluding carboxylic acids is 4. The van der Waals surface area contributed by atoms with Crippen LogP contribution in [-0.4, -0.2) is 79.1 Å². The standard InChI is InChI=1S/C38H56Br2N4O4S2/c1-29(25-39)23-33(43-37(47)31-13-11-17-41-27-31)35(45)15-21-49-19-9-7-5-3-4-6-8-10-20-50-22-16-36(46)34(24-30(2)26-40)44-38(48)32-14-12-18-42-28-32/h11-14,17-18,27-30,33-34H,3-10,15-16,19-26H2,1-2H3,(H,43,47)(H,44,48). The summed E-state index contributed by atoms with van der Waals surface area (Å²) in [6.07, 6.45) is 18.2. The minimum atomic E-state index is -0.478. The smallest absolute Gasteiger partial charge is 0.253 e. The lowest BCUT2D eigenvalue weighted by Crippen LogP contribution is -2.42. The van der Waals surface area contributed by atoms with Gasteiger partial charge in [0.15, 0.2) is 11.6 Å². The molecule has 2 heterocycles.